The molecule has 1 aromatic heterocycles. The summed E-state index contributed by atoms with van der Waals surface area (Å²) in [6, 6.07) is 15.4. The highest BCUT2D eigenvalue weighted by molar-refractivity contribution is 5.83. The number of halogens is 1. The molecule has 0 amide bonds. The fourth-order valence-electron chi connectivity index (χ4n) is 5.56. The fraction of sp³-hybridized carbons (Fsp3) is 0.467. The second-order valence-electron chi connectivity index (χ2n) is 9.99. The van der Waals surface area contributed by atoms with E-state index < -0.39 is 12.1 Å². The maximum Gasteiger partial charge on any atom is 0.303 e. The number of aromatic nitrogens is 1. The summed E-state index contributed by atoms with van der Waals surface area (Å²) in [4.78, 5) is 18.3. The van der Waals surface area contributed by atoms with Gasteiger partial charge in [-0.1, -0.05) is 12.1 Å². The van der Waals surface area contributed by atoms with E-state index in [0.29, 0.717) is 24.2 Å². The number of pyridine rings is 1. The van der Waals surface area contributed by atoms with Crippen LogP contribution in [0.1, 0.15) is 49.4 Å². The number of hydrogen-bond donors (Lipinski definition) is 1. The summed E-state index contributed by atoms with van der Waals surface area (Å²) in [7, 11) is 3.26. The van der Waals surface area contributed by atoms with Crippen LogP contribution in [0.2, 0.25) is 0 Å². The predicted octanol–water partition coefficient (Wildman–Crippen LogP) is 6.09. The third kappa shape index (κ3) is 7.19. The normalized spacial score (nSPS) is 19.0. The largest absolute Gasteiger partial charge is 0.497 e. The summed E-state index contributed by atoms with van der Waals surface area (Å²) >= 11 is 0. The number of alkyl halides is 1. The number of ether oxygens (including phenoxy) is 2. The monoisotopic (exact) mass is 508 g/mol. The SMILES string of the molecule is COc1ccc(CCCN2CC[C@@H](CC[C@H](F)c3ccnc4ccc(OC)cc34)[C@@H](CC(=O)O)C2)cc1. The van der Waals surface area contributed by atoms with Gasteiger partial charge in [0.25, 0.3) is 0 Å². The van der Waals surface area contributed by atoms with E-state index in [2.05, 4.69) is 22.0 Å². The van der Waals surface area contributed by atoms with Crippen LogP contribution < -0.4 is 9.47 Å². The minimum absolute atomic E-state index is 0.0358. The summed E-state index contributed by atoms with van der Waals surface area (Å²) in [5.74, 6) is 0.993. The number of piperidine rings is 1. The molecule has 6 nitrogen and oxygen atoms in total. The zero-order valence-corrected chi connectivity index (χ0v) is 21.7. The average Bonchev–Trinajstić information content (AvgIpc) is 2.91. The quantitative estimate of drug-likeness (QED) is 0.319. The van der Waals surface area contributed by atoms with E-state index in [1.54, 1.807) is 26.5 Å². The van der Waals surface area contributed by atoms with Gasteiger partial charge in [0.2, 0.25) is 0 Å². The van der Waals surface area contributed by atoms with Crippen molar-refractivity contribution >= 4 is 16.9 Å². The molecule has 2 heterocycles. The number of methoxy groups -OCH3 is 2. The Morgan fingerprint density at radius 1 is 1.11 bits per heavy atom. The third-order valence-corrected chi connectivity index (χ3v) is 7.62. The van der Waals surface area contributed by atoms with Crippen molar-refractivity contribution in [2.75, 3.05) is 33.9 Å². The van der Waals surface area contributed by atoms with Gasteiger partial charge in [-0.25, -0.2) is 4.39 Å². The van der Waals surface area contributed by atoms with Gasteiger partial charge in [0.05, 0.1) is 19.7 Å². The van der Waals surface area contributed by atoms with Crippen LogP contribution in [-0.4, -0.2) is 54.8 Å². The lowest BCUT2D eigenvalue weighted by atomic mass is 9.79. The zero-order valence-electron chi connectivity index (χ0n) is 21.7. The lowest BCUT2D eigenvalue weighted by molar-refractivity contribution is -0.139. The maximum atomic E-state index is 15.5. The Balaban J connectivity index is 1.33. The van der Waals surface area contributed by atoms with E-state index in [1.165, 1.54) is 5.56 Å². The van der Waals surface area contributed by atoms with Crippen molar-refractivity contribution in [1.82, 2.24) is 9.88 Å². The highest BCUT2D eigenvalue weighted by Crippen LogP contribution is 2.36. The van der Waals surface area contributed by atoms with Crippen LogP contribution in [0.5, 0.6) is 11.5 Å². The zero-order chi connectivity index (χ0) is 26.2. The average molecular weight is 509 g/mol. The Hall–Kier alpha value is -3.19. The van der Waals surface area contributed by atoms with Gasteiger partial charge in [0.1, 0.15) is 17.7 Å². The number of benzene rings is 2. The van der Waals surface area contributed by atoms with Crippen molar-refractivity contribution in [2.24, 2.45) is 11.8 Å². The molecule has 1 saturated heterocycles. The fourth-order valence-corrected chi connectivity index (χ4v) is 5.56. The second kappa shape index (κ2) is 12.9. The molecule has 4 rings (SSSR count). The van der Waals surface area contributed by atoms with E-state index in [4.69, 9.17) is 9.47 Å². The highest BCUT2D eigenvalue weighted by atomic mass is 19.1. The third-order valence-electron chi connectivity index (χ3n) is 7.62. The molecule has 37 heavy (non-hydrogen) atoms. The van der Waals surface area contributed by atoms with Crippen molar-refractivity contribution in [3.05, 3.63) is 65.9 Å². The van der Waals surface area contributed by atoms with Gasteiger partial charge >= 0.3 is 5.97 Å². The van der Waals surface area contributed by atoms with E-state index in [9.17, 15) is 9.90 Å². The molecule has 1 N–H and O–H groups in total. The number of hydrogen-bond acceptors (Lipinski definition) is 5. The number of carboxylic acids is 1. The van der Waals surface area contributed by atoms with Gasteiger partial charge in [0, 0.05) is 24.5 Å². The van der Waals surface area contributed by atoms with Crippen LogP contribution in [0.3, 0.4) is 0 Å². The lowest BCUT2D eigenvalue weighted by Gasteiger charge is -2.38. The van der Waals surface area contributed by atoms with Crippen LogP contribution >= 0.6 is 0 Å². The molecule has 0 spiro atoms. The van der Waals surface area contributed by atoms with Crippen LogP contribution in [0.4, 0.5) is 4.39 Å². The summed E-state index contributed by atoms with van der Waals surface area (Å²) in [6.07, 6.45) is 4.58. The number of fused-ring (bicyclic) bond motifs is 1. The highest BCUT2D eigenvalue weighted by Gasteiger charge is 2.31. The summed E-state index contributed by atoms with van der Waals surface area (Å²) in [5.41, 5.74) is 2.63. The molecule has 3 aromatic rings. The van der Waals surface area contributed by atoms with Crippen LogP contribution in [0.25, 0.3) is 10.9 Å². The molecule has 1 fully saturated rings. The van der Waals surface area contributed by atoms with Crippen molar-refractivity contribution < 1.29 is 23.8 Å². The molecule has 1 aliphatic heterocycles. The molecule has 1 aliphatic rings. The summed E-state index contributed by atoms with van der Waals surface area (Å²) in [5, 5.41) is 10.3. The van der Waals surface area contributed by atoms with Crippen LogP contribution in [0.15, 0.2) is 54.7 Å². The van der Waals surface area contributed by atoms with Crippen molar-refractivity contribution in [2.45, 2.75) is 44.7 Å². The number of carboxylic acid groups (broad SMARTS) is 1. The molecule has 0 bridgehead atoms. The Morgan fingerprint density at radius 2 is 1.86 bits per heavy atom. The van der Waals surface area contributed by atoms with Gasteiger partial charge in [-0.2, -0.15) is 0 Å². The second-order valence-corrected chi connectivity index (χ2v) is 9.99. The minimum atomic E-state index is -1.13. The lowest BCUT2D eigenvalue weighted by Crippen LogP contribution is -2.42. The van der Waals surface area contributed by atoms with Crippen molar-refractivity contribution in [3.8, 4) is 11.5 Å². The number of aliphatic carboxylic acids is 1. The number of nitrogens with zero attached hydrogens (tertiary/aromatic N) is 2. The molecule has 0 saturated carbocycles. The maximum absolute atomic E-state index is 15.5. The van der Waals surface area contributed by atoms with Crippen LogP contribution in [0, 0.1) is 11.8 Å². The van der Waals surface area contributed by atoms with Crippen LogP contribution in [-0.2, 0) is 11.2 Å². The van der Waals surface area contributed by atoms with Gasteiger partial charge < -0.3 is 19.5 Å². The number of likely N-dealkylation sites (tertiary alicyclic amines) is 1. The Kier molecular flexibility index (Phi) is 9.34. The molecule has 0 aliphatic carbocycles. The number of rotatable bonds is 12. The number of aryl methyl sites for hydroxylation is 1. The van der Waals surface area contributed by atoms with Gasteiger partial charge in [-0.05, 0) is 105 Å². The van der Waals surface area contributed by atoms with E-state index in [-0.39, 0.29) is 18.3 Å². The van der Waals surface area contributed by atoms with E-state index in [1.807, 2.05) is 30.3 Å². The van der Waals surface area contributed by atoms with Gasteiger partial charge in [0.15, 0.2) is 0 Å². The summed E-state index contributed by atoms with van der Waals surface area (Å²) in [6.45, 7) is 2.62. The molecule has 2 aromatic carbocycles. The first-order valence-corrected chi connectivity index (χ1v) is 13.1. The molecule has 3 atom stereocenters. The summed E-state index contributed by atoms with van der Waals surface area (Å²) < 4.78 is 26.0. The Labute approximate surface area is 218 Å². The van der Waals surface area contributed by atoms with Gasteiger partial charge in [-0.15, -0.1) is 0 Å². The van der Waals surface area contributed by atoms with Crippen molar-refractivity contribution in [3.63, 3.8) is 0 Å². The van der Waals surface area contributed by atoms with Crippen molar-refractivity contribution in [1.29, 1.82) is 0 Å². The van der Waals surface area contributed by atoms with E-state index >= 15 is 4.39 Å². The minimum Gasteiger partial charge on any atom is -0.497 e. The molecular weight excluding hydrogens is 471 g/mol. The van der Waals surface area contributed by atoms with Gasteiger partial charge in [-0.3, -0.25) is 9.78 Å². The Morgan fingerprint density at radius 3 is 2.59 bits per heavy atom. The predicted molar refractivity (Wildman–Crippen MR) is 143 cm³/mol. The topological polar surface area (TPSA) is 71.9 Å². The molecule has 7 heteroatoms. The Bertz CT molecular complexity index is 1170. The molecule has 0 radical (unpaired) electrons. The standard InChI is InChI=1S/C30H37FN2O4/c1-36-24-8-5-21(6-9-24)4-3-16-33-17-14-22(23(20-33)18-30(34)35)7-11-28(31)26-13-15-32-29-12-10-25(37-2)19-27(26)29/h5-6,8-10,12-13,15,19,22-23,28H,3-4,7,11,14,16-18,20H2,1-2H3,(H,34,35)/t22-,23+,28+/m1/s1. The molecular formula is C30H37FN2O4. The molecule has 0 unspecified atom stereocenters. The first-order valence-electron chi connectivity index (χ1n) is 13.1. The smallest absolute Gasteiger partial charge is 0.303 e. The first kappa shape index (κ1) is 26.9. The number of carbonyl (C=O) groups is 1. The van der Waals surface area contributed by atoms with E-state index in [0.717, 1.165) is 55.5 Å². The molecule has 198 valence electrons. The first-order chi connectivity index (χ1) is 18.0.